The number of nitrogens with zero attached hydrogens (tertiary/aromatic N) is 3. The fraction of sp³-hybridized carbons (Fsp3) is 0.750. The van der Waals surface area contributed by atoms with Gasteiger partial charge in [0.2, 0.25) is 0 Å². The second-order valence-electron chi connectivity index (χ2n) is 5.06. The molecule has 0 fully saturated rings. The Labute approximate surface area is 107 Å². The molecular weight excluding hydrogens is 234 g/mol. The molecule has 0 spiro atoms. The number of carbonyl (C=O) groups is 1. The predicted molar refractivity (Wildman–Crippen MR) is 66.4 cm³/mol. The van der Waals surface area contributed by atoms with Gasteiger partial charge in [0.25, 0.3) is 0 Å². The molecule has 0 aliphatic rings. The highest BCUT2D eigenvalue weighted by atomic mass is 16.5. The summed E-state index contributed by atoms with van der Waals surface area (Å²) in [6, 6.07) is 0. The lowest BCUT2D eigenvalue weighted by Crippen LogP contribution is -2.23. The summed E-state index contributed by atoms with van der Waals surface area (Å²) < 4.78 is 6.65. The molecule has 6 nitrogen and oxygen atoms in total. The van der Waals surface area contributed by atoms with Crippen LogP contribution >= 0.6 is 0 Å². The van der Waals surface area contributed by atoms with Crippen LogP contribution in [0.25, 0.3) is 0 Å². The van der Waals surface area contributed by atoms with E-state index in [0.29, 0.717) is 19.6 Å². The third kappa shape index (κ3) is 3.29. The van der Waals surface area contributed by atoms with E-state index in [1.54, 1.807) is 11.6 Å². The molecule has 0 aromatic carbocycles. The van der Waals surface area contributed by atoms with Crippen LogP contribution in [-0.4, -0.2) is 39.3 Å². The fourth-order valence-electron chi connectivity index (χ4n) is 1.77. The molecular formula is C12H21N3O3. The van der Waals surface area contributed by atoms with Crippen LogP contribution in [0.15, 0.2) is 0 Å². The number of carbonyl (C=O) groups excluding carboxylic acids is 1. The van der Waals surface area contributed by atoms with E-state index in [1.807, 2.05) is 20.8 Å². The van der Waals surface area contributed by atoms with Crippen molar-refractivity contribution in [3.05, 3.63) is 11.4 Å². The second-order valence-corrected chi connectivity index (χ2v) is 5.06. The summed E-state index contributed by atoms with van der Waals surface area (Å²) in [6.07, 6.45) is 0.578. The molecule has 0 atom stereocenters. The average molecular weight is 255 g/mol. The van der Waals surface area contributed by atoms with Crippen molar-refractivity contribution in [2.24, 2.45) is 0 Å². The molecule has 1 heterocycles. The van der Waals surface area contributed by atoms with Gasteiger partial charge in [-0.25, -0.2) is 9.48 Å². The Morgan fingerprint density at radius 1 is 1.44 bits per heavy atom. The summed E-state index contributed by atoms with van der Waals surface area (Å²) in [7, 11) is 0. The highest BCUT2D eigenvalue weighted by Gasteiger charge is 2.29. The molecule has 0 unspecified atom stereocenters. The topological polar surface area (TPSA) is 77.2 Å². The maximum atomic E-state index is 11.8. The van der Waals surface area contributed by atoms with Gasteiger partial charge in [-0.1, -0.05) is 26.0 Å². The first-order chi connectivity index (χ1) is 8.41. The summed E-state index contributed by atoms with van der Waals surface area (Å²) in [4.78, 5) is 11.8. The summed E-state index contributed by atoms with van der Waals surface area (Å²) in [5.74, 6) is -0.447. The lowest BCUT2D eigenvalue weighted by atomic mass is 9.90. The summed E-state index contributed by atoms with van der Waals surface area (Å²) >= 11 is 0. The number of rotatable bonds is 5. The Balaban J connectivity index is 3.11. The largest absolute Gasteiger partial charge is 0.461 e. The number of esters is 1. The molecule has 102 valence electrons. The Hall–Kier alpha value is -1.43. The average Bonchev–Trinajstić information content (AvgIpc) is 2.70. The maximum absolute atomic E-state index is 11.8. The van der Waals surface area contributed by atoms with E-state index in [4.69, 9.17) is 9.84 Å². The van der Waals surface area contributed by atoms with Crippen molar-refractivity contribution in [3.8, 4) is 0 Å². The van der Waals surface area contributed by atoms with Crippen LogP contribution in [0, 0.1) is 0 Å². The molecule has 0 aliphatic heterocycles. The molecule has 0 radical (unpaired) electrons. The highest BCUT2D eigenvalue weighted by molar-refractivity contribution is 5.88. The van der Waals surface area contributed by atoms with Crippen molar-refractivity contribution in [1.29, 1.82) is 0 Å². The first kappa shape index (κ1) is 14.6. The minimum Gasteiger partial charge on any atom is -0.461 e. The fourth-order valence-corrected chi connectivity index (χ4v) is 1.77. The Morgan fingerprint density at radius 2 is 2.11 bits per heavy atom. The quantitative estimate of drug-likeness (QED) is 0.798. The molecule has 0 bridgehead atoms. The van der Waals surface area contributed by atoms with Crippen molar-refractivity contribution in [2.75, 3.05) is 13.2 Å². The molecule has 1 rings (SSSR count). The number of aliphatic hydroxyl groups is 1. The van der Waals surface area contributed by atoms with Gasteiger partial charge in [-0.05, 0) is 13.3 Å². The standard InChI is InChI=1S/C12H21N3O3/c1-5-18-11(17)9-10(12(2,3)4)15(14-13-9)7-6-8-16/h16H,5-8H2,1-4H3. The third-order valence-corrected chi connectivity index (χ3v) is 2.44. The zero-order chi connectivity index (χ0) is 13.8. The minimum absolute atomic E-state index is 0.0815. The number of aliphatic hydroxyl groups excluding tert-OH is 1. The van der Waals surface area contributed by atoms with Crippen LogP contribution in [-0.2, 0) is 16.7 Å². The predicted octanol–water partition coefficient (Wildman–Crippen LogP) is 1.13. The summed E-state index contributed by atoms with van der Waals surface area (Å²) in [5.41, 5.74) is 0.748. The lowest BCUT2D eigenvalue weighted by molar-refractivity contribution is 0.0516. The Kier molecular flexibility index (Phi) is 4.84. The van der Waals surface area contributed by atoms with Crippen LogP contribution in [0.2, 0.25) is 0 Å². The van der Waals surface area contributed by atoms with Crippen LogP contribution in [0.5, 0.6) is 0 Å². The SMILES string of the molecule is CCOC(=O)c1nnn(CCCO)c1C(C)(C)C. The van der Waals surface area contributed by atoms with Crippen LogP contribution in [0.3, 0.4) is 0 Å². The van der Waals surface area contributed by atoms with E-state index in [1.165, 1.54) is 0 Å². The second kappa shape index (κ2) is 5.95. The van der Waals surface area contributed by atoms with Gasteiger partial charge in [-0.2, -0.15) is 0 Å². The normalized spacial score (nSPS) is 11.6. The van der Waals surface area contributed by atoms with E-state index in [2.05, 4.69) is 10.3 Å². The van der Waals surface area contributed by atoms with E-state index in [9.17, 15) is 4.79 Å². The van der Waals surface area contributed by atoms with Gasteiger partial charge in [0.05, 0.1) is 12.3 Å². The van der Waals surface area contributed by atoms with E-state index in [-0.39, 0.29) is 17.7 Å². The minimum atomic E-state index is -0.447. The molecule has 0 amide bonds. The first-order valence-electron chi connectivity index (χ1n) is 6.13. The van der Waals surface area contributed by atoms with Crippen LogP contribution in [0.4, 0.5) is 0 Å². The van der Waals surface area contributed by atoms with Gasteiger partial charge in [0.1, 0.15) is 0 Å². The summed E-state index contributed by atoms with van der Waals surface area (Å²) in [5, 5.41) is 16.8. The van der Waals surface area contributed by atoms with Crippen LogP contribution in [0.1, 0.15) is 50.3 Å². The van der Waals surface area contributed by atoms with Gasteiger partial charge in [-0.15, -0.1) is 5.10 Å². The van der Waals surface area contributed by atoms with E-state index in [0.717, 1.165) is 5.69 Å². The number of hydrogen-bond acceptors (Lipinski definition) is 5. The van der Waals surface area contributed by atoms with Crippen molar-refractivity contribution in [3.63, 3.8) is 0 Å². The summed E-state index contributed by atoms with van der Waals surface area (Å²) in [6.45, 7) is 8.65. The molecule has 1 N–H and O–H groups in total. The maximum Gasteiger partial charge on any atom is 0.360 e. The first-order valence-corrected chi connectivity index (χ1v) is 6.13. The molecule has 0 aliphatic carbocycles. The smallest absolute Gasteiger partial charge is 0.360 e. The van der Waals surface area contributed by atoms with Crippen molar-refractivity contribution >= 4 is 5.97 Å². The zero-order valence-electron chi connectivity index (χ0n) is 11.4. The molecule has 0 saturated carbocycles. The Morgan fingerprint density at radius 3 is 2.61 bits per heavy atom. The van der Waals surface area contributed by atoms with Gasteiger partial charge >= 0.3 is 5.97 Å². The molecule has 6 heteroatoms. The monoisotopic (exact) mass is 255 g/mol. The number of aryl methyl sites for hydroxylation is 1. The molecule has 1 aromatic rings. The van der Waals surface area contributed by atoms with Crippen molar-refractivity contribution in [2.45, 2.75) is 46.1 Å². The number of aromatic nitrogens is 3. The van der Waals surface area contributed by atoms with Crippen LogP contribution < -0.4 is 0 Å². The number of ether oxygens (including phenoxy) is 1. The molecule has 0 saturated heterocycles. The molecule has 18 heavy (non-hydrogen) atoms. The van der Waals surface area contributed by atoms with Gasteiger partial charge in [-0.3, -0.25) is 0 Å². The Bertz CT molecular complexity index is 407. The van der Waals surface area contributed by atoms with Crippen molar-refractivity contribution in [1.82, 2.24) is 15.0 Å². The van der Waals surface area contributed by atoms with Crippen molar-refractivity contribution < 1.29 is 14.6 Å². The zero-order valence-corrected chi connectivity index (χ0v) is 11.4. The van der Waals surface area contributed by atoms with Gasteiger partial charge in [0, 0.05) is 18.6 Å². The lowest BCUT2D eigenvalue weighted by Gasteiger charge is -2.20. The third-order valence-electron chi connectivity index (χ3n) is 2.44. The molecule has 1 aromatic heterocycles. The van der Waals surface area contributed by atoms with Gasteiger partial charge in [0.15, 0.2) is 5.69 Å². The van der Waals surface area contributed by atoms with E-state index < -0.39 is 5.97 Å². The van der Waals surface area contributed by atoms with E-state index >= 15 is 0 Å². The highest BCUT2D eigenvalue weighted by Crippen LogP contribution is 2.25. The number of hydrogen-bond donors (Lipinski definition) is 1. The van der Waals surface area contributed by atoms with Gasteiger partial charge < -0.3 is 9.84 Å².